The van der Waals surface area contributed by atoms with Gasteiger partial charge in [0.05, 0.1) is 6.61 Å². The molecule has 0 aromatic rings. The molecular weight excluding hydrogens is 165 g/mol. The van der Waals surface area contributed by atoms with E-state index in [0.717, 1.165) is 0 Å². The van der Waals surface area contributed by atoms with E-state index in [0.29, 0.717) is 18.9 Å². The summed E-state index contributed by atoms with van der Waals surface area (Å²) in [4.78, 5) is 14.7. The maximum Gasteiger partial charge on any atom is 1.00 e. The number of nitrogens with one attached hydrogen (secondary N) is 1. The molecule has 0 atom stereocenters. The van der Waals surface area contributed by atoms with Crippen LogP contribution in [0.15, 0.2) is 0 Å². The number of amides is 1. The average molecular weight is 181 g/mol. The molecule has 1 aliphatic rings. The number of hydrogen-bond donors (Lipinski definition) is 1. The van der Waals surface area contributed by atoms with E-state index in [4.69, 9.17) is 4.84 Å². The van der Waals surface area contributed by atoms with Crippen LogP contribution in [-0.4, -0.2) is 13.0 Å². The molecule has 3 nitrogen and oxygen atoms in total. The molecule has 0 spiro atoms. The summed E-state index contributed by atoms with van der Waals surface area (Å²) < 4.78 is 0. The quantitative estimate of drug-likeness (QED) is 0.244. The molecular formula is C8H16NNaO2. The second-order valence-electron chi connectivity index (χ2n) is 3.05. The Hall–Kier alpha value is 0.430. The van der Waals surface area contributed by atoms with Crippen LogP contribution in [0.4, 0.5) is 0 Å². The predicted molar refractivity (Wildman–Crippen MR) is 42.8 cm³/mol. The molecule has 1 N–H and O–H groups in total. The molecule has 1 aliphatic carbocycles. The molecule has 4 heteroatoms. The number of hydrogen-bond acceptors (Lipinski definition) is 2. The third-order valence-corrected chi connectivity index (χ3v) is 2.18. The van der Waals surface area contributed by atoms with Crippen LogP contribution >= 0.6 is 0 Å². The number of rotatable bonds is 4. The fourth-order valence-corrected chi connectivity index (χ4v) is 1.55. The van der Waals surface area contributed by atoms with Gasteiger partial charge in [0.15, 0.2) is 0 Å². The van der Waals surface area contributed by atoms with E-state index in [1.165, 1.54) is 32.1 Å². The molecule has 1 rings (SSSR count). The minimum Gasteiger partial charge on any atom is -1.00 e. The van der Waals surface area contributed by atoms with Gasteiger partial charge in [0.1, 0.15) is 0 Å². The third kappa shape index (κ3) is 5.14. The minimum atomic E-state index is 0. The van der Waals surface area contributed by atoms with Crippen LogP contribution in [0.1, 0.15) is 33.5 Å². The van der Waals surface area contributed by atoms with Gasteiger partial charge >= 0.3 is 29.6 Å². The molecule has 66 valence electrons. The third-order valence-electron chi connectivity index (χ3n) is 2.18. The van der Waals surface area contributed by atoms with Crippen LogP contribution in [0.2, 0.25) is 0 Å². The van der Waals surface area contributed by atoms with Gasteiger partial charge < -0.3 is 1.43 Å². The van der Waals surface area contributed by atoms with Crippen molar-refractivity contribution in [2.45, 2.75) is 32.1 Å². The second-order valence-corrected chi connectivity index (χ2v) is 3.05. The Morgan fingerprint density at radius 1 is 1.42 bits per heavy atom. The van der Waals surface area contributed by atoms with E-state index < -0.39 is 0 Å². The molecule has 0 aliphatic heterocycles. The van der Waals surface area contributed by atoms with Crippen molar-refractivity contribution in [3.63, 3.8) is 0 Å². The van der Waals surface area contributed by atoms with Gasteiger partial charge in [-0.1, -0.05) is 19.3 Å². The van der Waals surface area contributed by atoms with Crippen LogP contribution in [0.3, 0.4) is 0 Å². The molecule has 1 saturated carbocycles. The zero-order valence-corrected chi connectivity index (χ0v) is 9.71. The first-order valence-corrected chi connectivity index (χ1v) is 4.24. The summed E-state index contributed by atoms with van der Waals surface area (Å²) in [6, 6.07) is 0. The van der Waals surface area contributed by atoms with Crippen molar-refractivity contribution in [1.82, 2.24) is 5.48 Å². The fraction of sp³-hybridized carbons (Fsp3) is 0.875. The van der Waals surface area contributed by atoms with Gasteiger partial charge in [-0.25, -0.2) is 5.48 Å². The van der Waals surface area contributed by atoms with Crippen LogP contribution in [0.5, 0.6) is 0 Å². The van der Waals surface area contributed by atoms with E-state index >= 15 is 0 Å². The molecule has 0 radical (unpaired) electrons. The summed E-state index contributed by atoms with van der Waals surface area (Å²) in [6.45, 7) is 0.679. The van der Waals surface area contributed by atoms with Gasteiger partial charge in [-0.15, -0.1) is 0 Å². The van der Waals surface area contributed by atoms with Gasteiger partial charge in [0, 0.05) is 0 Å². The average Bonchev–Trinajstić information content (AvgIpc) is 2.07. The predicted octanol–water partition coefficient (Wildman–Crippen LogP) is -1.64. The monoisotopic (exact) mass is 181 g/mol. The van der Waals surface area contributed by atoms with Crippen molar-refractivity contribution in [3.05, 3.63) is 0 Å². The van der Waals surface area contributed by atoms with Crippen molar-refractivity contribution < 1.29 is 40.6 Å². The molecule has 1 amide bonds. The standard InChI is InChI=1S/C8H15NO2.Na.H/c10-7-9-11-6-8-4-2-1-3-5-8;;/h7-8H,1-6H2,(H,9,10);;/q;+1;-1. The Kier molecular flexibility index (Phi) is 8.34. The SMILES string of the molecule is O=CNOCC1CCCCC1.[H-].[Na+]. The Balaban J connectivity index is 0. The molecule has 0 aromatic heterocycles. The van der Waals surface area contributed by atoms with Gasteiger partial charge in [-0.05, 0) is 18.8 Å². The summed E-state index contributed by atoms with van der Waals surface area (Å²) in [5.41, 5.74) is 2.21. The zero-order chi connectivity index (χ0) is 7.94. The summed E-state index contributed by atoms with van der Waals surface area (Å²) in [5.74, 6) is 0.663. The largest absolute Gasteiger partial charge is 1.00 e. The maximum absolute atomic E-state index is 9.81. The molecule has 12 heavy (non-hydrogen) atoms. The van der Waals surface area contributed by atoms with Crippen LogP contribution in [0, 0.1) is 5.92 Å². The smallest absolute Gasteiger partial charge is 1.00 e. The molecule has 0 aromatic carbocycles. The molecule has 0 heterocycles. The Labute approximate surface area is 97.0 Å². The first-order valence-electron chi connectivity index (χ1n) is 4.24. The Morgan fingerprint density at radius 2 is 2.08 bits per heavy atom. The van der Waals surface area contributed by atoms with E-state index in [1.54, 1.807) is 0 Å². The molecule has 0 bridgehead atoms. The molecule has 0 saturated heterocycles. The second kappa shape index (κ2) is 8.05. The van der Waals surface area contributed by atoms with Crippen molar-refractivity contribution in [1.29, 1.82) is 0 Å². The van der Waals surface area contributed by atoms with E-state index in [9.17, 15) is 4.79 Å². The number of hydroxylamine groups is 1. The van der Waals surface area contributed by atoms with Crippen molar-refractivity contribution in [2.75, 3.05) is 6.61 Å². The van der Waals surface area contributed by atoms with E-state index in [2.05, 4.69) is 5.48 Å². The number of carbonyl (C=O) groups excluding carboxylic acids is 1. The van der Waals surface area contributed by atoms with Gasteiger partial charge in [-0.3, -0.25) is 9.63 Å². The molecule has 0 unspecified atom stereocenters. The van der Waals surface area contributed by atoms with Crippen molar-refractivity contribution >= 4 is 6.41 Å². The van der Waals surface area contributed by atoms with E-state index in [1.807, 2.05) is 0 Å². The van der Waals surface area contributed by atoms with Crippen LogP contribution in [-0.2, 0) is 9.63 Å². The maximum atomic E-state index is 9.81. The zero-order valence-electron chi connectivity index (χ0n) is 8.71. The Morgan fingerprint density at radius 3 is 2.67 bits per heavy atom. The normalized spacial score (nSPS) is 18.0. The van der Waals surface area contributed by atoms with Gasteiger partial charge in [0.25, 0.3) is 0 Å². The fourth-order valence-electron chi connectivity index (χ4n) is 1.55. The van der Waals surface area contributed by atoms with Crippen LogP contribution in [0.25, 0.3) is 0 Å². The first-order chi connectivity index (χ1) is 5.43. The summed E-state index contributed by atoms with van der Waals surface area (Å²) in [5, 5.41) is 0. The molecule has 1 fully saturated rings. The summed E-state index contributed by atoms with van der Waals surface area (Å²) in [6.07, 6.45) is 7.06. The van der Waals surface area contributed by atoms with Crippen molar-refractivity contribution in [2.24, 2.45) is 5.92 Å². The van der Waals surface area contributed by atoms with Gasteiger partial charge in [-0.2, -0.15) is 0 Å². The van der Waals surface area contributed by atoms with Crippen LogP contribution < -0.4 is 35.0 Å². The first kappa shape index (κ1) is 12.4. The summed E-state index contributed by atoms with van der Waals surface area (Å²) >= 11 is 0. The Bertz CT molecular complexity index is 121. The topological polar surface area (TPSA) is 38.3 Å². The minimum absolute atomic E-state index is 0. The summed E-state index contributed by atoms with van der Waals surface area (Å²) in [7, 11) is 0. The number of carbonyl (C=O) groups is 1. The van der Waals surface area contributed by atoms with Gasteiger partial charge in [0.2, 0.25) is 6.41 Å². The van der Waals surface area contributed by atoms with Crippen molar-refractivity contribution in [3.8, 4) is 0 Å². The van der Waals surface area contributed by atoms with E-state index in [-0.39, 0.29) is 31.0 Å².